The van der Waals surface area contributed by atoms with Crippen molar-refractivity contribution < 1.29 is 0 Å². The standard InChI is InChI=1S/C12H14ClN3/c1-16-8-10(7-14)15-12(16)6-9-4-2-3-5-11(9)13/h2-5,8H,6-7,14H2,1H3. The molecule has 1 heterocycles. The van der Waals surface area contributed by atoms with Crippen LogP contribution in [-0.4, -0.2) is 9.55 Å². The molecule has 0 unspecified atom stereocenters. The zero-order valence-corrected chi connectivity index (χ0v) is 9.91. The van der Waals surface area contributed by atoms with Crippen molar-refractivity contribution in [1.29, 1.82) is 0 Å². The minimum Gasteiger partial charge on any atom is -0.337 e. The van der Waals surface area contributed by atoms with Gasteiger partial charge in [0.15, 0.2) is 0 Å². The lowest BCUT2D eigenvalue weighted by atomic mass is 10.1. The van der Waals surface area contributed by atoms with Gasteiger partial charge in [0.05, 0.1) is 5.69 Å². The smallest absolute Gasteiger partial charge is 0.113 e. The Labute approximate surface area is 99.9 Å². The van der Waals surface area contributed by atoms with Gasteiger partial charge in [-0.05, 0) is 11.6 Å². The van der Waals surface area contributed by atoms with E-state index in [1.165, 1.54) is 0 Å². The summed E-state index contributed by atoms with van der Waals surface area (Å²) in [6.07, 6.45) is 2.68. The zero-order valence-electron chi connectivity index (χ0n) is 9.15. The molecule has 0 bridgehead atoms. The van der Waals surface area contributed by atoms with Gasteiger partial charge in [0.1, 0.15) is 5.82 Å². The number of aromatic nitrogens is 2. The van der Waals surface area contributed by atoms with Gasteiger partial charge in [-0.2, -0.15) is 0 Å². The van der Waals surface area contributed by atoms with Crippen LogP contribution in [0.1, 0.15) is 17.1 Å². The van der Waals surface area contributed by atoms with Gasteiger partial charge in [-0.1, -0.05) is 29.8 Å². The van der Waals surface area contributed by atoms with Crippen LogP contribution in [0.4, 0.5) is 0 Å². The number of hydrogen-bond acceptors (Lipinski definition) is 2. The number of hydrogen-bond donors (Lipinski definition) is 1. The maximum Gasteiger partial charge on any atom is 0.113 e. The van der Waals surface area contributed by atoms with Gasteiger partial charge < -0.3 is 10.3 Å². The lowest BCUT2D eigenvalue weighted by molar-refractivity contribution is 0.821. The first-order valence-corrected chi connectivity index (χ1v) is 5.53. The second-order valence-corrected chi connectivity index (χ2v) is 4.14. The summed E-state index contributed by atoms with van der Waals surface area (Å²) >= 11 is 6.11. The Balaban J connectivity index is 2.27. The predicted molar refractivity (Wildman–Crippen MR) is 65.4 cm³/mol. The fraction of sp³-hybridized carbons (Fsp3) is 0.250. The van der Waals surface area contributed by atoms with Gasteiger partial charge in [-0.15, -0.1) is 0 Å². The van der Waals surface area contributed by atoms with E-state index < -0.39 is 0 Å². The van der Waals surface area contributed by atoms with Crippen molar-refractivity contribution in [2.24, 2.45) is 12.8 Å². The summed E-state index contributed by atoms with van der Waals surface area (Å²) in [5.74, 6) is 0.980. The second-order valence-electron chi connectivity index (χ2n) is 3.73. The highest BCUT2D eigenvalue weighted by Crippen LogP contribution is 2.18. The normalized spacial score (nSPS) is 10.7. The molecule has 2 N–H and O–H groups in total. The van der Waals surface area contributed by atoms with E-state index in [2.05, 4.69) is 4.98 Å². The number of halogens is 1. The number of nitrogens with two attached hydrogens (primary N) is 1. The first-order chi connectivity index (χ1) is 7.70. The van der Waals surface area contributed by atoms with Crippen LogP contribution in [0.5, 0.6) is 0 Å². The van der Waals surface area contributed by atoms with Crippen LogP contribution in [-0.2, 0) is 20.0 Å². The third-order valence-electron chi connectivity index (χ3n) is 2.54. The fourth-order valence-electron chi connectivity index (χ4n) is 1.65. The van der Waals surface area contributed by atoms with Crippen LogP contribution in [0.2, 0.25) is 5.02 Å². The van der Waals surface area contributed by atoms with E-state index in [-0.39, 0.29) is 0 Å². The van der Waals surface area contributed by atoms with Gasteiger partial charge >= 0.3 is 0 Å². The molecule has 84 valence electrons. The molecule has 0 fully saturated rings. The van der Waals surface area contributed by atoms with Crippen molar-refractivity contribution in [3.8, 4) is 0 Å². The molecule has 1 aromatic heterocycles. The summed E-state index contributed by atoms with van der Waals surface area (Å²) in [7, 11) is 1.97. The summed E-state index contributed by atoms with van der Waals surface area (Å²) in [5.41, 5.74) is 7.55. The molecule has 3 nitrogen and oxygen atoms in total. The molecule has 0 aliphatic rings. The van der Waals surface area contributed by atoms with Crippen LogP contribution < -0.4 is 5.73 Å². The highest BCUT2D eigenvalue weighted by atomic mass is 35.5. The minimum atomic E-state index is 0.469. The van der Waals surface area contributed by atoms with Crippen LogP contribution >= 0.6 is 11.6 Å². The Morgan fingerprint density at radius 2 is 2.12 bits per heavy atom. The van der Waals surface area contributed by atoms with Gasteiger partial charge in [0.25, 0.3) is 0 Å². The average Bonchev–Trinajstić information content (AvgIpc) is 2.63. The number of benzene rings is 1. The first-order valence-electron chi connectivity index (χ1n) is 5.15. The fourth-order valence-corrected chi connectivity index (χ4v) is 1.85. The molecule has 0 saturated heterocycles. The highest BCUT2D eigenvalue weighted by molar-refractivity contribution is 6.31. The van der Waals surface area contributed by atoms with Crippen molar-refractivity contribution in [1.82, 2.24) is 9.55 Å². The van der Waals surface area contributed by atoms with E-state index in [4.69, 9.17) is 17.3 Å². The highest BCUT2D eigenvalue weighted by Gasteiger charge is 2.07. The van der Waals surface area contributed by atoms with E-state index in [0.717, 1.165) is 28.5 Å². The summed E-state index contributed by atoms with van der Waals surface area (Å²) in [4.78, 5) is 4.44. The molecule has 0 amide bonds. The number of imidazole rings is 1. The summed E-state index contributed by atoms with van der Waals surface area (Å²) in [5, 5.41) is 0.778. The second kappa shape index (κ2) is 4.68. The van der Waals surface area contributed by atoms with E-state index in [0.29, 0.717) is 6.54 Å². The van der Waals surface area contributed by atoms with E-state index in [9.17, 15) is 0 Å². The van der Waals surface area contributed by atoms with E-state index >= 15 is 0 Å². The average molecular weight is 236 g/mol. The molecule has 0 atom stereocenters. The van der Waals surface area contributed by atoms with Crippen molar-refractivity contribution in [2.75, 3.05) is 0 Å². The molecule has 0 radical (unpaired) electrons. The number of rotatable bonds is 3. The monoisotopic (exact) mass is 235 g/mol. The molecule has 0 spiro atoms. The van der Waals surface area contributed by atoms with Crippen molar-refractivity contribution in [2.45, 2.75) is 13.0 Å². The Hall–Kier alpha value is -1.32. The van der Waals surface area contributed by atoms with Gasteiger partial charge in [0.2, 0.25) is 0 Å². The topological polar surface area (TPSA) is 43.8 Å². The predicted octanol–water partition coefficient (Wildman–Crippen LogP) is 2.12. The van der Waals surface area contributed by atoms with Crippen LogP contribution in [0.15, 0.2) is 30.5 Å². The number of aryl methyl sites for hydroxylation is 1. The molecule has 0 saturated carbocycles. The molecule has 2 rings (SSSR count). The lowest BCUT2D eigenvalue weighted by Gasteiger charge is -2.03. The molecular weight excluding hydrogens is 222 g/mol. The summed E-state index contributed by atoms with van der Waals surface area (Å²) in [6, 6.07) is 7.81. The summed E-state index contributed by atoms with van der Waals surface area (Å²) < 4.78 is 1.99. The van der Waals surface area contributed by atoms with Gasteiger partial charge in [-0.3, -0.25) is 0 Å². The molecule has 1 aromatic carbocycles. The zero-order chi connectivity index (χ0) is 11.5. The van der Waals surface area contributed by atoms with E-state index in [1.54, 1.807) is 0 Å². The lowest BCUT2D eigenvalue weighted by Crippen LogP contribution is -1.99. The largest absolute Gasteiger partial charge is 0.337 e. The molecule has 4 heteroatoms. The minimum absolute atomic E-state index is 0.469. The van der Waals surface area contributed by atoms with Crippen molar-refractivity contribution in [3.63, 3.8) is 0 Å². The number of nitrogens with zero attached hydrogens (tertiary/aromatic N) is 2. The molecule has 16 heavy (non-hydrogen) atoms. The Morgan fingerprint density at radius 3 is 2.75 bits per heavy atom. The van der Waals surface area contributed by atoms with Crippen LogP contribution in [0.25, 0.3) is 0 Å². The van der Waals surface area contributed by atoms with Crippen molar-refractivity contribution in [3.05, 3.63) is 52.6 Å². The summed E-state index contributed by atoms with van der Waals surface area (Å²) in [6.45, 7) is 0.469. The Bertz CT molecular complexity index is 491. The Kier molecular flexibility index (Phi) is 3.27. The SMILES string of the molecule is Cn1cc(CN)nc1Cc1ccccc1Cl. The third kappa shape index (κ3) is 2.26. The molecular formula is C12H14ClN3. The maximum atomic E-state index is 6.11. The maximum absolute atomic E-state index is 6.11. The van der Waals surface area contributed by atoms with E-state index in [1.807, 2.05) is 42.1 Å². The first kappa shape index (κ1) is 11.2. The molecule has 0 aliphatic heterocycles. The van der Waals surface area contributed by atoms with Gasteiger partial charge in [0, 0.05) is 31.2 Å². The Morgan fingerprint density at radius 1 is 1.38 bits per heavy atom. The third-order valence-corrected chi connectivity index (χ3v) is 2.91. The van der Waals surface area contributed by atoms with Crippen LogP contribution in [0, 0.1) is 0 Å². The molecule has 2 aromatic rings. The molecule has 0 aliphatic carbocycles. The van der Waals surface area contributed by atoms with Crippen LogP contribution in [0.3, 0.4) is 0 Å². The van der Waals surface area contributed by atoms with Gasteiger partial charge in [-0.25, -0.2) is 4.98 Å². The quantitative estimate of drug-likeness (QED) is 0.886. The van der Waals surface area contributed by atoms with Crippen molar-refractivity contribution >= 4 is 11.6 Å².